The lowest BCUT2D eigenvalue weighted by Gasteiger charge is -2.18. The van der Waals surface area contributed by atoms with Crippen LogP contribution in [-0.4, -0.2) is 22.4 Å². The van der Waals surface area contributed by atoms with Gasteiger partial charge in [0, 0.05) is 12.0 Å². The van der Waals surface area contributed by atoms with Crippen molar-refractivity contribution in [2.75, 3.05) is 6.54 Å². The molecule has 6 heteroatoms. The molecule has 0 spiro atoms. The SMILES string of the molecule is Cc1nc(C(C)(C)C)[nH]c(=O)c1C(=O)NCCc1ccc(F)cc1. The third-order valence-electron chi connectivity index (χ3n) is 3.65. The summed E-state index contributed by atoms with van der Waals surface area (Å²) in [6.07, 6.45) is 0.552. The van der Waals surface area contributed by atoms with Crippen molar-refractivity contribution >= 4 is 5.91 Å². The second-order valence-corrected chi connectivity index (χ2v) is 6.76. The normalized spacial score (nSPS) is 11.4. The second kappa shape index (κ2) is 6.95. The lowest BCUT2D eigenvalue weighted by atomic mass is 9.95. The Bertz CT molecular complexity index is 789. The quantitative estimate of drug-likeness (QED) is 0.904. The van der Waals surface area contributed by atoms with Gasteiger partial charge in [-0.3, -0.25) is 9.59 Å². The number of H-pyrrole nitrogens is 1. The molecular formula is C18H22FN3O2. The van der Waals surface area contributed by atoms with Gasteiger partial charge in [-0.05, 0) is 31.0 Å². The van der Waals surface area contributed by atoms with E-state index in [-0.39, 0.29) is 16.8 Å². The highest BCUT2D eigenvalue weighted by Gasteiger charge is 2.21. The molecule has 1 amide bonds. The highest BCUT2D eigenvalue weighted by Crippen LogP contribution is 2.17. The van der Waals surface area contributed by atoms with Crippen LogP contribution < -0.4 is 10.9 Å². The van der Waals surface area contributed by atoms with Gasteiger partial charge in [-0.1, -0.05) is 32.9 Å². The lowest BCUT2D eigenvalue weighted by Crippen LogP contribution is -2.34. The molecule has 1 aromatic carbocycles. The number of carbonyl (C=O) groups is 1. The summed E-state index contributed by atoms with van der Waals surface area (Å²) in [7, 11) is 0. The third kappa shape index (κ3) is 4.28. The first-order chi connectivity index (χ1) is 11.2. The second-order valence-electron chi connectivity index (χ2n) is 6.76. The van der Waals surface area contributed by atoms with E-state index in [0.29, 0.717) is 24.5 Å². The number of halogens is 1. The van der Waals surface area contributed by atoms with E-state index in [1.807, 2.05) is 20.8 Å². The number of aromatic amines is 1. The predicted octanol–water partition coefficient (Wildman–Crippen LogP) is 2.49. The van der Waals surface area contributed by atoms with Gasteiger partial charge in [0.25, 0.3) is 11.5 Å². The average molecular weight is 331 g/mol. The molecule has 5 nitrogen and oxygen atoms in total. The summed E-state index contributed by atoms with van der Waals surface area (Å²) < 4.78 is 12.8. The van der Waals surface area contributed by atoms with Crippen LogP contribution in [0.4, 0.5) is 4.39 Å². The van der Waals surface area contributed by atoms with Gasteiger partial charge < -0.3 is 10.3 Å². The fourth-order valence-electron chi connectivity index (χ4n) is 2.27. The van der Waals surface area contributed by atoms with Crippen LogP contribution in [0.2, 0.25) is 0 Å². The molecular weight excluding hydrogens is 309 g/mol. The molecule has 0 aliphatic heterocycles. The van der Waals surface area contributed by atoms with E-state index in [0.717, 1.165) is 5.56 Å². The van der Waals surface area contributed by atoms with Crippen molar-refractivity contribution < 1.29 is 9.18 Å². The molecule has 0 bridgehead atoms. The lowest BCUT2D eigenvalue weighted by molar-refractivity contribution is 0.0951. The van der Waals surface area contributed by atoms with Crippen molar-refractivity contribution in [3.63, 3.8) is 0 Å². The highest BCUT2D eigenvalue weighted by atomic mass is 19.1. The zero-order valence-electron chi connectivity index (χ0n) is 14.4. The van der Waals surface area contributed by atoms with Crippen LogP contribution in [0, 0.1) is 12.7 Å². The van der Waals surface area contributed by atoms with E-state index >= 15 is 0 Å². The number of amides is 1. The minimum Gasteiger partial charge on any atom is -0.351 e. The smallest absolute Gasteiger partial charge is 0.264 e. The van der Waals surface area contributed by atoms with Crippen molar-refractivity contribution in [2.45, 2.75) is 39.5 Å². The van der Waals surface area contributed by atoms with Gasteiger partial charge in [0.2, 0.25) is 0 Å². The first-order valence-corrected chi connectivity index (χ1v) is 7.82. The summed E-state index contributed by atoms with van der Waals surface area (Å²) in [5.74, 6) is -0.202. The fourth-order valence-corrected chi connectivity index (χ4v) is 2.27. The zero-order chi connectivity index (χ0) is 17.9. The predicted molar refractivity (Wildman–Crippen MR) is 90.7 cm³/mol. The van der Waals surface area contributed by atoms with Gasteiger partial charge in [-0.2, -0.15) is 0 Å². The van der Waals surface area contributed by atoms with Crippen LogP contribution in [0.1, 0.15) is 48.2 Å². The summed E-state index contributed by atoms with van der Waals surface area (Å²) in [4.78, 5) is 31.5. The van der Waals surface area contributed by atoms with Gasteiger partial charge in [0.05, 0.1) is 5.69 Å². The third-order valence-corrected chi connectivity index (χ3v) is 3.65. The number of aromatic nitrogens is 2. The minimum atomic E-state index is -0.455. The van der Waals surface area contributed by atoms with Gasteiger partial charge in [-0.15, -0.1) is 0 Å². The average Bonchev–Trinajstić information content (AvgIpc) is 2.47. The molecule has 2 rings (SSSR count). The summed E-state index contributed by atoms with van der Waals surface area (Å²) in [6.45, 7) is 7.82. The minimum absolute atomic E-state index is 0.0297. The molecule has 24 heavy (non-hydrogen) atoms. The molecule has 0 atom stereocenters. The molecule has 1 aromatic heterocycles. The molecule has 2 N–H and O–H groups in total. The van der Waals surface area contributed by atoms with Crippen molar-refractivity contribution in [1.82, 2.24) is 15.3 Å². The van der Waals surface area contributed by atoms with Gasteiger partial charge in [0.1, 0.15) is 17.2 Å². The topological polar surface area (TPSA) is 74.8 Å². The Hall–Kier alpha value is -2.50. The van der Waals surface area contributed by atoms with E-state index in [4.69, 9.17) is 0 Å². The number of benzene rings is 1. The molecule has 0 radical (unpaired) electrons. The van der Waals surface area contributed by atoms with E-state index in [9.17, 15) is 14.0 Å². The Morgan fingerprint density at radius 2 is 1.88 bits per heavy atom. The maximum atomic E-state index is 12.8. The standard InChI is InChI=1S/C18H22FN3O2/c1-11-14(16(24)22-17(21-11)18(2,3)4)15(23)20-10-9-12-5-7-13(19)8-6-12/h5-8H,9-10H2,1-4H3,(H,20,23)(H,21,22,24). The number of nitrogens with zero attached hydrogens (tertiary/aromatic N) is 1. The first kappa shape index (κ1) is 17.8. The Morgan fingerprint density at radius 3 is 2.42 bits per heavy atom. The summed E-state index contributed by atoms with van der Waals surface area (Å²) >= 11 is 0. The van der Waals surface area contributed by atoms with E-state index in [1.54, 1.807) is 19.1 Å². The number of carbonyl (C=O) groups excluding carboxylic acids is 1. The summed E-state index contributed by atoms with van der Waals surface area (Å²) in [5, 5.41) is 2.71. The Labute approximate surface area is 140 Å². The molecule has 0 fully saturated rings. The van der Waals surface area contributed by atoms with E-state index < -0.39 is 11.5 Å². The Kier molecular flexibility index (Phi) is 5.17. The zero-order valence-corrected chi connectivity index (χ0v) is 14.4. The van der Waals surface area contributed by atoms with Crippen molar-refractivity contribution in [3.8, 4) is 0 Å². The van der Waals surface area contributed by atoms with Crippen molar-refractivity contribution in [2.24, 2.45) is 0 Å². The van der Waals surface area contributed by atoms with Crippen LogP contribution in [0.3, 0.4) is 0 Å². The molecule has 128 valence electrons. The fraction of sp³-hybridized carbons (Fsp3) is 0.389. The number of hydrogen-bond acceptors (Lipinski definition) is 3. The van der Waals surface area contributed by atoms with Crippen molar-refractivity contribution in [1.29, 1.82) is 0 Å². The first-order valence-electron chi connectivity index (χ1n) is 7.82. The van der Waals surface area contributed by atoms with Crippen LogP contribution in [-0.2, 0) is 11.8 Å². The molecule has 0 unspecified atom stereocenters. The number of rotatable bonds is 4. The maximum Gasteiger partial charge on any atom is 0.264 e. The number of nitrogens with one attached hydrogen (secondary N) is 2. The van der Waals surface area contributed by atoms with Gasteiger partial charge in [-0.25, -0.2) is 9.37 Å². The highest BCUT2D eigenvalue weighted by molar-refractivity contribution is 5.94. The van der Waals surface area contributed by atoms with Crippen LogP contribution >= 0.6 is 0 Å². The molecule has 0 saturated heterocycles. The number of aryl methyl sites for hydroxylation is 1. The maximum absolute atomic E-state index is 12.8. The van der Waals surface area contributed by atoms with Crippen LogP contribution in [0.5, 0.6) is 0 Å². The van der Waals surface area contributed by atoms with Crippen LogP contribution in [0.15, 0.2) is 29.1 Å². The molecule has 2 aromatic rings. The largest absolute Gasteiger partial charge is 0.351 e. The summed E-state index contributed by atoms with van der Waals surface area (Å²) in [6, 6.07) is 6.08. The molecule has 0 aliphatic rings. The Morgan fingerprint density at radius 1 is 1.25 bits per heavy atom. The molecule has 0 aliphatic carbocycles. The van der Waals surface area contributed by atoms with Crippen LogP contribution in [0.25, 0.3) is 0 Å². The van der Waals surface area contributed by atoms with Gasteiger partial charge in [0.15, 0.2) is 0 Å². The number of hydrogen-bond donors (Lipinski definition) is 2. The Balaban J connectivity index is 2.07. The molecule has 1 heterocycles. The molecule has 0 saturated carbocycles. The van der Waals surface area contributed by atoms with E-state index in [2.05, 4.69) is 15.3 Å². The van der Waals surface area contributed by atoms with Gasteiger partial charge >= 0.3 is 0 Å². The summed E-state index contributed by atoms with van der Waals surface area (Å²) in [5.41, 5.74) is 0.599. The van der Waals surface area contributed by atoms with Crippen molar-refractivity contribution in [3.05, 3.63) is 63.1 Å². The monoisotopic (exact) mass is 331 g/mol. The van der Waals surface area contributed by atoms with E-state index in [1.165, 1.54) is 12.1 Å².